The molecule has 0 bridgehead atoms. The van der Waals surface area contributed by atoms with Crippen LogP contribution >= 0.6 is 0 Å². The lowest BCUT2D eigenvalue weighted by atomic mass is 10.0. The van der Waals surface area contributed by atoms with E-state index >= 15 is 0 Å². The summed E-state index contributed by atoms with van der Waals surface area (Å²) >= 11 is 0. The molecule has 0 saturated heterocycles. The highest BCUT2D eigenvalue weighted by Crippen LogP contribution is 2.27. The zero-order valence-electron chi connectivity index (χ0n) is 17.8. The van der Waals surface area contributed by atoms with Gasteiger partial charge in [0.1, 0.15) is 5.75 Å². The standard InChI is InChI=1S/C24H26N4O2/c1-15-13-23-26-16(2)19(17(3)28(23)27-15)10-12-24(29)25-14-21-20-8-6-5-7-18(20)9-11-22(21)30-4/h5-9,11,13H,10,12,14H2,1-4H3,(H,25,29). The molecule has 1 amide bonds. The fourth-order valence-electron chi connectivity index (χ4n) is 4.01. The van der Waals surface area contributed by atoms with E-state index < -0.39 is 0 Å². The summed E-state index contributed by atoms with van der Waals surface area (Å²) in [5.41, 5.74) is 5.83. The van der Waals surface area contributed by atoms with Crippen molar-refractivity contribution < 1.29 is 9.53 Å². The lowest BCUT2D eigenvalue weighted by molar-refractivity contribution is -0.121. The van der Waals surface area contributed by atoms with Crippen molar-refractivity contribution in [3.63, 3.8) is 0 Å². The Morgan fingerprint density at radius 1 is 1.10 bits per heavy atom. The summed E-state index contributed by atoms with van der Waals surface area (Å²) in [5, 5.41) is 9.78. The Hall–Kier alpha value is -3.41. The van der Waals surface area contributed by atoms with Crippen molar-refractivity contribution in [3.05, 3.63) is 70.7 Å². The van der Waals surface area contributed by atoms with Crippen LogP contribution in [0.4, 0.5) is 0 Å². The van der Waals surface area contributed by atoms with E-state index in [1.165, 1.54) is 0 Å². The Morgan fingerprint density at radius 3 is 2.70 bits per heavy atom. The Balaban J connectivity index is 1.48. The topological polar surface area (TPSA) is 68.5 Å². The molecule has 0 unspecified atom stereocenters. The van der Waals surface area contributed by atoms with E-state index in [1.54, 1.807) is 7.11 Å². The van der Waals surface area contributed by atoms with Crippen molar-refractivity contribution in [1.29, 1.82) is 0 Å². The van der Waals surface area contributed by atoms with E-state index in [9.17, 15) is 4.79 Å². The third kappa shape index (κ3) is 3.73. The number of amides is 1. The van der Waals surface area contributed by atoms with Gasteiger partial charge in [-0.1, -0.05) is 30.3 Å². The molecule has 30 heavy (non-hydrogen) atoms. The Morgan fingerprint density at radius 2 is 1.90 bits per heavy atom. The highest BCUT2D eigenvalue weighted by atomic mass is 16.5. The average Bonchev–Trinajstić information content (AvgIpc) is 3.11. The normalized spacial score (nSPS) is 11.2. The second-order valence-corrected chi connectivity index (χ2v) is 7.56. The SMILES string of the molecule is COc1ccc2ccccc2c1CNC(=O)CCc1c(C)nc2cc(C)nn2c1C. The summed E-state index contributed by atoms with van der Waals surface area (Å²) in [6, 6.07) is 14.1. The molecular formula is C24H26N4O2. The van der Waals surface area contributed by atoms with Gasteiger partial charge < -0.3 is 10.1 Å². The van der Waals surface area contributed by atoms with Gasteiger partial charge in [0.05, 0.1) is 12.8 Å². The van der Waals surface area contributed by atoms with Gasteiger partial charge in [0.25, 0.3) is 0 Å². The predicted molar refractivity (Wildman–Crippen MR) is 118 cm³/mol. The molecule has 6 heteroatoms. The van der Waals surface area contributed by atoms with Crippen LogP contribution in [0.1, 0.15) is 34.6 Å². The third-order valence-electron chi connectivity index (χ3n) is 5.57. The van der Waals surface area contributed by atoms with Gasteiger partial charge in [0, 0.05) is 36.0 Å². The number of methoxy groups -OCH3 is 1. The fourth-order valence-corrected chi connectivity index (χ4v) is 4.01. The minimum Gasteiger partial charge on any atom is -0.496 e. The van der Waals surface area contributed by atoms with Gasteiger partial charge in [-0.05, 0) is 49.6 Å². The van der Waals surface area contributed by atoms with E-state index in [2.05, 4.69) is 27.5 Å². The molecule has 0 radical (unpaired) electrons. The number of benzene rings is 2. The Bertz CT molecular complexity index is 1240. The number of carbonyl (C=O) groups is 1. The smallest absolute Gasteiger partial charge is 0.220 e. The highest BCUT2D eigenvalue weighted by molar-refractivity contribution is 5.88. The van der Waals surface area contributed by atoms with E-state index in [0.29, 0.717) is 19.4 Å². The van der Waals surface area contributed by atoms with Crippen LogP contribution in [0.25, 0.3) is 16.4 Å². The molecule has 2 aromatic heterocycles. The molecule has 2 aromatic carbocycles. The molecule has 2 heterocycles. The third-order valence-corrected chi connectivity index (χ3v) is 5.57. The second kappa shape index (κ2) is 8.14. The van der Waals surface area contributed by atoms with Crippen LogP contribution in [0.5, 0.6) is 5.75 Å². The van der Waals surface area contributed by atoms with Gasteiger partial charge in [-0.2, -0.15) is 5.10 Å². The van der Waals surface area contributed by atoms with E-state index in [-0.39, 0.29) is 5.91 Å². The number of fused-ring (bicyclic) bond motifs is 2. The van der Waals surface area contributed by atoms with Crippen LogP contribution in [-0.4, -0.2) is 27.6 Å². The lowest BCUT2D eigenvalue weighted by Crippen LogP contribution is -2.24. The maximum absolute atomic E-state index is 12.6. The van der Waals surface area contributed by atoms with Gasteiger partial charge in [-0.15, -0.1) is 0 Å². The fraction of sp³-hybridized carbons (Fsp3) is 0.292. The van der Waals surface area contributed by atoms with E-state index in [1.807, 2.05) is 55.6 Å². The molecule has 0 atom stereocenters. The molecule has 0 saturated carbocycles. The van der Waals surface area contributed by atoms with E-state index in [0.717, 1.165) is 50.4 Å². The van der Waals surface area contributed by atoms with Crippen LogP contribution < -0.4 is 10.1 Å². The molecule has 4 rings (SSSR count). The van der Waals surface area contributed by atoms with Crippen LogP contribution in [0.3, 0.4) is 0 Å². The van der Waals surface area contributed by atoms with Crippen LogP contribution in [0.2, 0.25) is 0 Å². The maximum Gasteiger partial charge on any atom is 0.220 e. The zero-order valence-corrected chi connectivity index (χ0v) is 17.8. The van der Waals surface area contributed by atoms with Crippen molar-refractivity contribution in [2.45, 2.75) is 40.2 Å². The molecule has 0 fully saturated rings. The van der Waals surface area contributed by atoms with Crippen molar-refractivity contribution in [3.8, 4) is 5.75 Å². The van der Waals surface area contributed by atoms with Crippen molar-refractivity contribution in [2.24, 2.45) is 0 Å². The minimum atomic E-state index is 0.000491. The van der Waals surface area contributed by atoms with Crippen LogP contribution in [-0.2, 0) is 17.8 Å². The molecule has 0 aliphatic carbocycles. The van der Waals surface area contributed by atoms with E-state index in [4.69, 9.17) is 4.74 Å². The lowest BCUT2D eigenvalue weighted by Gasteiger charge is -2.14. The molecule has 4 aromatic rings. The molecule has 154 valence electrons. The number of ether oxygens (including phenoxy) is 1. The molecule has 1 N–H and O–H groups in total. The summed E-state index contributed by atoms with van der Waals surface area (Å²) in [4.78, 5) is 17.3. The molecular weight excluding hydrogens is 376 g/mol. The number of nitrogens with zero attached hydrogens (tertiary/aromatic N) is 3. The van der Waals surface area contributed by atoms with Crippen molar-refractivity contribution in [2.75, 3.05) is 7.11 Å². The number of hydrogen-bond acceptors (Lipinski definition) is 4. The van der Waals surface area contributed by atoms with Gasteiger partial charge in [0.15, 0.2) is 5.65 Å². The summed E-state index contributed by atoms with van der Waals surface area (Å²) in [6.07, 6.45) is 1.01. The maximum atomic E-state index is 12.6. The number of aryl methyl sites for hydroxylation is 3. The number of hydrogen-bond donors (Lipinski definition) is 1. The second-order valence-electron chi connectivity index (χ2n) is 7.56. The summed E-state index contributed by atoms with van der Waals surface area (Å²) in [6.45, 7) is 6.40. The van der Waals surface area contributed by atoms with Crippen molar-refractivity contribution >= 4 is 22.3 Å². The Labute approximate surface area is 175 Å². The summed E-state index contributed by atoms with van der Waals surface area (Å²) in [5.74, 6) is 0.782. The molecule has 0 aliphatic rings. The first-order chi connectivity index (χ1) is 14.5. The molecule has 0 aliphatic heterocycles. The van der Waals surface area contributed by atoms with Gasteiger partial charge in [-0.25, -0.2) is 9.50 Å². The van der Waals surface area contributed by atoms with Gasteiger partial charge in [-0.3, -0.25) is 4.79 Å². The number of aromatic nitrogens is 3. The van der Waals surface area contributed by atoms with Gasteiger partial charge in [0.2, 0.25) is 5.91 Å². The first-order valence-corrected chi connectivity index (χ1v) is 10.1. The molecule has 6 nitrogen and oxygen atoms in total. The minimum absolute atomic E-state index is 0.000491. The average molecular weight is 402 g/mol. The van der Waals surface area contributed by atoms with Crippen molar-refractivity contribution in [1.82, 2.24) is 19.9 Å². The quantitative estimate of drug-likeness (QED) is 0.528. The largest absolute Gasteiger partial charge is 0.496 e. The summed E-state index contributed by atoms with van der Waals surface area (Å²) < 4.78 is 7.38. The number of carbonyl (C=O) groups excluding carboxylic acids is 1. The zero-order chi connectivity index (χ0) is 21.3. The molecule has 0 spiro atoms. The van der Waals surface area contributed by atoms with Crippen LogP contribution in [0, 0.1) is 20.8 Å². The highest BCUT2D eigenvalue weighted by Gasteiger charge is 2.14. The Kier molecular flexibility index (Phi) is 5.40. The monoisotopic (exact) mass is 402 g/mol. The number of nitrogens with one attached hydrogen (secondary N) is 1. The first kappa shape index (κ1) is 19.9. The van der Waals surface area contributed by atoms with Crippen LogP contribution in [0.15, 0.2) is 42.5 Å². The summed E-state index contributed by atoms with van der Waals surface area (Å²) in [7, 11) is 1.65. The number of rotatable bonds is 6. The predicted octanol–water partition coefficient (Wildman–Crippen LogP) is 4.07. The van der Waals surface area contributed by atoms with Gasteiger partial charge >= 0.3 is 0 Å². The first-order valence-electron chi connectivity index (χ1n) is 10.1.